The number of hydrogen-bond acceptors (Lipinski definition) is 4. The third-order valence-electron chi connectivity index (χ3n) is 4.66. The van der Waals surface area contributed by atoms with E-state index in [0.717, 1.165) is 16.8 Å². The van der Waals surface area contributed by atoms with Crippen LogP contribution in [0.5, 0.6) is 6.01 Å². The van der Waals surface area contributed by atoms with Crippen LogP contribution < -0.4 is 10.1 Å². The largest absolute Gasteiger partial charge is 0.463 e. The van der Waals surface area contributed by atoms with Crippen LogP contribution >= 0.6 is 0 Å². The molecule has 156 valence electrons. The van der Waals surface area contributed by atoms with Gasteiger partial charge in [-0.2, -0.15) is 4.98 Å². The SMILES string of the molecule is CCOc1nc(-c2ccc(C)cc2)n(-c2ccc(NC(=O)c3ccccc3F)cc2)n1. The van der Waals surface area contributed by atoms with Crippen molar-refractivity contribution in [1.29, 1.82) is 0 Å². The predicted molar refractivity (Wildman–Crippen MR) is 117 cm³/mol. The zero-order valence-electron chi connectivity index (χ0n) is 17.2. The molecular weight excluding hydrogens is 395 g/mol. The Morgan fingerprint density at radius 1 is 1.03 bits per heavy atom. The van der Waals surface area contributed by atoms with Crippen molar-refractivity contribution in [2.75, 3.05) is 11.9 Å². The molecule has 0 saturated heterocycles. The van der Waals surface area contributed by atoms with Crippen molar-refractivity contribution in [3.63, 3.8) is 0 Å². The lowest BCUT2D eigenvalue weighted by Crippen LogP contribution is -2.13. The second kappa shape index (κ2) is 8.79. The van der Waals surface area contributed by atoms with Gasteiger partial charge in [0.2, 0.25) is 0 Å². The molecule has 0 atom stereocenters. The highest BCUT2D eigenvalue weighted by atomic mass is 19.1. The Balaban J connectivity index is 1.62. The Hall–Kier alpha value is -4.00. The van der Waals surface area contributed by atoms with E-state index in [1.807, 2.05) is 38.1 Å². The summed E-state index contributed by atoms with van der Waals surface area (Å²) >= 11 is 0. The van der Waals surface area contributed by atoms with Gasteiger partial charge < -0.3 is 10.1 Å². The van der Waals surface area contributed by atoms with Gasteiger partial charge in [0.15, 0.2) is 5.82 Å². The van der Waals surface area contributed by atoms with E-state index in [1.165, 1.54) is 12.1 Å². The number of carbonyl (C=O) groups is 1. The molecule has 0 aliphatic heterocycles. The number of halogens is 1. The van der Waals surface area contributed by atoms with Gasteiger partial charge in [0.1, 0.15) is 5.82 Å². The van der Waals surface area contributed by atoms with Crippen molar-refractivity contribution in [2.24, 2.45) is 0 Å². The molecule has 1 amide bonds. The smallest absolute Gasteiger partial charge is 0.336 e. The first kappa shape index (κ1) is 20.3. The first-order valence-corrected chi connectivity index (χ1v) is 9.88. The fraction of sp³-hybridized carbons (Fsp3) is 0.125. The summed E-state index contributed by atoms with van der Waals surface area (Å²) in [6.07, 6.45) is 0. The van der Waals surface area contributed by atoms with Crippen LogP contribution in [-0.2, 0) is 0 Å². The molecule has 4 aromatic rings. The van der Waals surface area contributed by atoms with Crippen LogP contribution in [0.4, 0.5) is 10.1 Å². The zero-order chi connectivity index (χ0) is 21.8. The van der Waals surface area contributed by atoms with Crippen LogP contribution in [0.2, 0.25) is 0 Å². The number of nitrogens with zero attached hydrogens (tertiary/aromatic N) is 3. The third kappa shape index (κ3) is 4.45. The average molecular weight is 416 g/mol. The van der Waals surface area contributed by atoms with Crippen LogP contribution in [0.15, 0.2) is 72.8 Å². The van der Waals surface area contributed by atoms with Crippen molar-refractivity contribution in [1.82, 2.24) is 14.8 Å². The molecule has 0 unspecified atom stereocenters. The maximum absolute atomic E-state index is 13.8. The van der Waals surface area contributed by atoms with Gasteiger partial charge in [0, 0.05) is 11.3 Å². The molecule has 31 heavy (non-hydrogen) atoms. The minimum absolute atomic E-state index is 0.00846. The Morgan fingerprint density at radius 3 is 2.42 bits per heavy atom. The summed E-state index contributed by atoms with van der Waals surface area (Å²) in [6.45, 7) is 4.35. The van der Waals surface area contributed by atoms with Crippen molar-refractivity contribution in [3.8, 4) is 23.1 Å². The molecule has 0 bridgehead atoms. The number of ether oxygens (including phenoxy) is 1. The highest BCUT2D eigenvalue weighted by molar-refractivity contribution is 6.04. The molecule has 0 fully saturated rings. The van der Waals surface area contributed by atoms with Crippen LogP contribution in [0.3, 0.4) is 0 Å². The summed E-state index contributed by atoms with van der Waals surface area (Å²) < 4.78 is 21.0. The minimum Gasteiger partial charge on any atom is -0.463 e. The normalized spacial score (nSPS) is 10.7. The van der Waals surface area contributed by atoms with Crippen LogP contribution in [0.1, 0.15) is 22.8 Å². The third-order valence-corrected chi connectivity index (χ3v) is 4.66. The van der Waals surface area contributed by atoms with E-state index in [4.69, 9.17) is 4.74 Å². The highest BCUT2D eigenvalue weighted by Crippen LogP contribution is 2.25. The molecule has 7 heteroatoms. The number of carbonyl (C=O) groups excluding carboxylic acids is 1. The maximum atomic E-state index is 13.8. The van der Waals surface area contributed by atoms with E-state index in [9.17, 15) is 9.18 Å². The number of amides is 1. The van der Waals surface area contributed by atoms with Crippen molar-refractivity contribution < 1.29 is 13.9 Å². The maximum Gasteiger partial charge on any atom is 0.336 e. The summed E-state index contributed by atoms with van der Waals surface area (Å²) in [7, 11) is 0. The van der Waals surface area contributed by atoms with Gasteiger partial charge in [0.05, 0.1) is 17.9 Å². The van der Waals surface area contributed by atoms with E-state index in [1.54, 1.807) is 41.1 Å². The summed E-state index contributed by atoms with van der Waals surface area (Å²) in [5, 5.41) is 7.17. The molecule has 0 aliphatic rings. The molecule has 4 rings (SSSR count). The summed E-state index contributed by atoms with van der Waals surface area (Å²) in [6, 6.07) is 21.2. The standard InChI is InChI=1S/C24H21FN4O2/c1-3-31-24-27-22(17-10-8-16(2)9-11-17)29(28-24)19-14-12-18(13-15-19)26-23(30)20-6-4-5-7-21(20)25/h4-15H,3H2,1-2H3,(H,26,30). The molecule has 1 heterocycles. The van der Waals surface area contributed by atoms with E-state index < -0.39 is 11.7 Å². The molecule has 6 nitrogen and oxygen atoms in total. The van der Waals surface area contributed by atoms with Crippen molar-refractivity contribution >= 4 is 11.6 Å². The fourth-order valence-electron chi connectivity index (χ4n) is 3.08. The molecule has 0 spiro atoms. The lowest BCUT2D eigenvalue weighted by molar-refractivity contribution is 0.102. The van der Waals surface area contributed by atoms with Gasteiger partial charge in [-0.3, -0.25) is 4.79 Å². The second-order valence-electron chi connectivity index (χ2n) is 6.91. The van der Waals surface area contributed by atoms with Gasteiger partial charge in [-0.1, -0.05) is 42.0 Å². The lowest BCUT2D eigenvalue weighted by atomic mass is 10.1. The Morgan fingerprint density at radius 2 is 1.74 bits per heavy atom. The number of hydrogen-bond donors (Lipinski definition) is 1. The van der Waals surface area contributed by atoms with E-state index in [0.29, 0.717) is 18.1 Å². The summed E-state index contributed by atoms with van der Waals surface area (Å²) in [5.74, 6) is -0.428. The molecule has 0 saturated carbocycles. The number of nitrogens with one attached hydrogen (secondary N) is 1. The van der Waals surface area contributed by atoms with Crippen LogP contribution in [-0.4, -0.2) is 27.3 Å². The first-order chi connectivity index (χ1) is 15.0. The lowest BCUT2D eigenvalue weighted by Gasteiger charge is -2.09. The van der Waals surface area contributed by atoms with Crippen molar-refractivity contribution in [3.05, 3.63) is 89.7 Å². The number of aryl methyl sites for hydroxylation is 1. The van der Waals surface area contributed by atoms with Crippen LogP contribution in [0.25, 0.3) is 17.1 Å². The number of benzene rings is 3. The zero-order valence-corrected chi connectivity index (χ0v) is 17.2. The summed E-state index contributed by atoms with van der Waals surface area (Å²) in [5.41, 5.74) is 3.33. The minimum atomic E-state index is -0.564. The monoisotopic (exact) mass is 416 g/mol. The summed E-state index contributed by atoms with van der Waals surface area (Å²) in [4.78, 5) is 16.9. The topological polar surface area (TPSA) is 69.0 Å². The molecule has 0 radical (unpaired) electrons. The van der Waals surface area contributed by atoms with Crippen molar-refractivity contribution in [2.45, 2.75) is 13.8 Å². The Labute approximate surface area is 179 Å². The fourth-order valence-corrected chi connectivity index (χ4v) is 3.08. The Bertz CT molecular complexity index is 1200. The molecule has 3 aromatic carbocycles. The quantitative estimate of drug-likeness (QED) is 0.479. The van der Waals surface area contributed by atoms with E-state index >= 15 is 0 Å². The molecule has 1 N–H and O–H groups in total. The van der Waals surface area contributed by atoms with Gasteiger partial charge in [-0.05, 0) is 50.2 Å². The second-order valence-corrected chi connectivity index (χ2v) is 6.91. The average Bonchev–Trinajstić information content (AvgIpc) is 3.19. The number of aromatic nitrogens is 3. The molecule has 0 aliphatic carbocycles. The molecular formula is C24H21FN4O2. The van der Waals surface area contributed by atoms with Gasteiger partial charge >= 0.3 is 6.01 Å². The van der Waals surface area contributed by atoms with E-state index in [2.05, 4.69) is 15.4 Å². The first-order valence-electron chi connectivity index (χ1n) is 9.88. The van der Waals surface area contributed by atoms with Gasteiger partial charge in [0.25, 0.3) is 5.91 Å². The highest BCUT2D eigenvalue weighted by Gasteiger charge is 2.15. The number of rotatable bonds is 6. The Kier molecular flexibility index (Phi) is 5.75. The number of anilines is 1. The van der Waals surface area contributed by atoms with Gasteiger partial charge in [-0.15, -0.1) is 5.10 Å². The predicted octanol–water partition coefficient (Wildman–Crippen LogP) is 5.03. The van der Waals surface area contributed by atoms with Gasteiger partial charge in [-0.25, -0.2) is 9.07 Å². The van der Waals surface area contributed by atoms with E-state index in [-0.39, 0.29) is 11.6 Å². The molecule has 1 aromatic heterocycles. The van der Waals surface area contributed by atoms with Crippen LogP contribution in [0, 0.1) is 12.7 Å².